The molecule has 90 valence electrons. The number of aryl methyl sites for hydroxylation is 1. The van der Waals surface area contributed by atoms with Gasteiger partial charge in [-0.25, -0.2) is 0 Å². The van der Waals surface area contributed by atoms with Crippen LogP contribution in [0.4, 0.5) is 0 Å². The fourth-order valence-corrected chi connectivity index (χ4v) is 2.42. The molecule has 0 saturated carbocycles. The zero-order chi connectivity index (χ0) is 12.1. The van der Waals surface area contributed by atoms with Gasteiger partial charge < -0.3 is 5.11 Å². The molecule has 0 aliphatic rings. The Morgan fingerprint density at radius 3 is 2.47 bits per heavy atom. The van der Waals surface area contributed by atoms with E-state index < -0.39 is 0 Å². The second-order valence-corrected chi connectivity index (χ2v) is 5.28. The summed E-state index contributed by atoms with van der Waals surface area (Å²) in [6.45, 7) is 0.311. The largest absolute Gasteiger partial charge is 0.396 e. The van der Waals surface area contributed by atoms with Crippen LogP contribution < -0.4 is 0 Å². The summed E-state index contributed by atoms with van der Waals surface area (Å²) < 4.78 is 1.13. The molecular formula is C15H17BrO. The molecule has 0 aromatic heterocycles. The molecule has 0 aliphatic heterocycles. The van der Waals surface area contributed by atoms with Crippen molar-refractivity contribution >= 4 is 26.7 Å². The first kappa shape index (κ1) is 12.6. The summed E-state index contributed by atoms with van der Waals surface area (Å²) in [5, 5.41) is 11.3. The molecule has 0 radical (unpaired) electrons. The lowest BCUT2D eigenvalue weighted by atomic mass is 10.0. The molecule has 0 fully saturated rings. The third kappa shape index (κ3) is 3.55. The molecule has 1 nitrogen and oxygen atoms in total. The van der Waals surface area contributed by atoms with Gasteiger partial charge in [-0.15, -0.1) is 0 Å². The SMILES string of the molecule is OCCCCCc1ccc2cc(Br)ccc2c1. The van der Waals surface area contributed by atoms with Crippen LogP contribution in [0.3, 0.4) is 0 Å². The zero-order valence-corrected chi connectivity index (χ0v) is 11.4. The number of hydrogen-bond acceptors (Lipinski definition) is 1. The fraction of sp³-hybridized carbons (Fsp3) is 0.333. The van der Waals surface area contributed by atoms with Crippen LogP contribution in [-0.4, -0.2) is 11.7 Å². The predicted molar refractivity (Wildman–Crippen MR) is 76.3 cm³/mol. The minimum absolute atomic E-state index is 0.311. The fourth-order valence-electron chi connectivity index (χ4n) is 2.04. The lowest BCUT2D eigenvalue weighted by Gasteiger charge is -2.04. The van der Waals surface area contributed by atoms with E-state index in [1.54, 1.807) is 0 Å². The van der Waals surface area contributed by atoms with E-state index in [2.05, 4.69) is 52.3 Å². The summed E-state index contributed by atoms with van der Waals surface area (Å²) in [5.41, 5.74) is 1.39. The zero-order valence-electron chi connectivity index (χ0n) is 9.82. The standard InChI is InChI=1S/C15H17BrO/c16-15-8-7-13-10-12(4-2-1-3-9-17)5-6-14(13)11-15/h5-8,10-11,17H,1-4,9H2. The van der Waals surface area contributed by atoms with Crippen molar-refractivity contribution in [3.8, 4) is 0 Å². The molecule has 17 heavy (non-hydrogen) atoms. The number of halogens is 1. The topological polar surface area (TPSA) is 20.2 Å². The Morgan fingerprint density at radius 2 is 1.65 bits per heavy atom. The van der Waals surface area contributed by atoms with Crippen LogP contribution in [-0.2, 0) is 6.42 Å². The summed E-state index contributed by atoms with van der Waals surface area (Å²) in [4.78, 5) is 0. The van der Waals surface area contributed by atoms with Crippen molar-refractivity contribution in [2.45, 2.75) is 25.7 Å². The molecule has 0 heterocycles. The van der Waals surface area contributed by atoms with Gasteiger partial charge in [-0.1, -0.05) is 46.6 Å². The number of benzene rings is 2. The summed E-state index contributed by atoms with van der Waals surface area (Å²) in [6.07, 6.45) is 4.28. The van der Waals surface area contributed by atoms with Crippen LogP contribution in [0, 0.1) is 0 Å². The molecule has 1 N–H and O–H groups in total. The maximum absolute atomic E-state index is 8.73. The van der Waals surface area contributed by atoms with Crippen molar-refractivity contribution in [3.05, 3.63) is 46.4 Å². The van der Waals surface area contributed by atoms with Crippen LogP contribution >= 0.6 is 15.9 Å². The van der Waals surface area contributed by atoms with Crippen LogP contribution in [0.5, 0.6) is 0 Å². The van der Waals surface area contributed by atoms with E-state index in [-0.39, 0.29) is 0 Å². The summed E-state index contributed by atoms with van der Waals surface area (Å²) in [6, 6.07) is 13.0. The van der Waals surface area contributed by atoms with E-state index >= 15 is 0 Å². The molecule has 0 bridgehead atoms. The van der Waals surface area contributed by atoms with Crippen molar-refractivity contribution in [1.82, 2.24) is 0 Å². The van der Waals surface area contributed by atoms with Gasteiger partial charge in [-0.05, 0) is 47.7 Å². The number of rotatable bonds is 5. The molecule has 2 rings (SSSR count). The Morgan fingerprint density at radius 1 is 0.882 bits per heavy atom. The van der Waals surface area contributed by atoms with Gasteiger partial charge in [0.1, 0.15) is 0 Å². The normalized spacial score (nSPS) is 10.9. The first-order valence-corrected chi connectivity index (χ1v) is 6.88. The third-order valence-corrected chi connectivity index (χ3v) is 3.48. The van der Waals surface area contributed by atoms with E-state index in [0.717, 1.165) is 30.2 Å². The minimum Gasteiger partial charge on any atom is -0.396 e. The average Bonchev–Trinajstić information content (AvgIpc) is 2.35. The molecule has 2 aromatic carbocycles. The number of fused-ring (bicyclic) bond motifs is 1. The van der Waals surface area contributed by atoms with Crippen molar-refractivity contribution in [1.29, 1.82) is 0 Å². The van der Waals surface area contributed by atoms with E-state index in [1.165, 1.54) is 16.3 Å². The molecule has 0 spiro atoms. The molecular weight excluding hydrogens is 276 g/mol. The second kappa shape index (κ2) is 6.18. The highest BCUT2D eigenvalue weighted by molar-refractivity contribution is 9.10. The molecule has 0 aliphatic carbocycles. The van der Waals surface area contributed by atoms with Gasteiger partial charge in [-0.3, -0.25) is 0 Å². The summed E-state index contributed by atoms with van der Waals surface area (Å²) >= 11 is 3.49. The molecule has 0 saturated heterocycles. The van der Waals surface area contributed by atoms with Gasteiger partial charge in [0, 0.05) is 11.1 Å². The molecule has 0 amide bonds. The number of unbranched alkanes of at least 4 members (excludes halogenated alkanes) is 2. The van der Waals surface area contributed by atoms with Crippen molar-refractivity contribution in [2.75, 3.05) is 6.61 Å². The molecule has 0 unspecified atom stereocenters. The maximum atomic E-state index is 8.73. The number of aliphatic hydroxyl groups is 1. The van der Waals surface area contributed by atoms with Crippen LogP contribution in [0.2, 0.25) is 0 Å². The second-order valence-electron chi connectivity index (χ2n) is 4.36. The quantitative estimate of drug-likeness (QED) is 0.815. The maximum Gasteiger partial charge on any atom is 0.0431 e. The monoisotopic (exact) mass is 292 g/mol. The third-order valence-electron chi connectivity index (χ3n) is 2.99. The van der Waals surface area contributed by atoms with E-state index in [9.17, 15) is 0 Å². The minimum atomic E-state index is 0.311. The highest BCUT2D eigenvalue weighted by atomic mass is 79.9. The number of hydrogen-bond donors (Lipinski definition) is 1. The Bertz CT molecular complexity index is 493. The van der Waals surface area contributed by atoms with Gasteiger partial charge in [0.05, 0.1) is 0 Å². The van der Waals surface area contributed by atoms with E-state index in [0.29, 0.717) is 6.61 Å². The Kier molecular flexibility index (Phi) is 4.57. The predicted octanol–water partition coefficient (Wildman–Crippen LogP) is 4.31. The highest BCUT2D eigenvalue weighted by Gasteiger charge is 1.98. The van der Waals surface area contributed by atoms with Crippen LogP contribution in [0.15, 0.2) is 40.9 Å². The smallest absolute Gasteiger partial charge is 0.0431 e. The van der Waals surface area contributed by atoms with Gasteiger partial charge in [-0.2, -0.15) is 0 Å². The van der Waals surface area contributed by atoms with E-state index in [4.69, 9.17) is 5.11 Å². The first-order chi connectivity index (χ1) is 8.29. The Hall–Kier alpha value is -0.860. The van der Waals surface area contributed by atoms with Gasteiger partial charge in [0.2, 0.25) is 0 Å². The van der Waals surface area contributed by atoms with E-state index in [1.807, 2.05) is 0 Å². The van der Waals surface area contributed by atoms with Gasteiger partial charge >= 0.3 is 0 Å². The summed E-state index contributed by atoms with van der Waals surface area (Å²) in [7, 11) is 0. The van der Waals surface area contributed by atoms with Gasteiger partial charge in [0.15, 0.2) is 0 Å². The summed E-state index contributed by atoms with van der Waals surface area (Å²) in [5.74, 6) is 0. The lowest BCUT2D eigenvalue weighted by Crippen LogP contribution is -1.88. The number of aliphatic hydroxyl groups excluding tert-OH is 1. The molecule has 0 atom stereocenters. The Labute approximate surface area is 111 Å². The van der Waals surface area contributed by atoms with Crippen LogP contribution in [0.25, 0.3) is 10.8 Å². The molecule has 2 heteroatoms. The van der Waals surface area contributed by atoms with Crippen LogP contribution in [0.1, 0.15) is 24.8 Å². The van der Waals surface area contributed by atoms with Crippen molar-refractivity contribution in [3.63, 3.8) is 0 Å². The highest BCUT2D eigenvalue weighted by Crippen LogP contribution is 2.21. The lowest BCUT2D eigenvalue weighted by molar-refractivity contribution is 0.283. The average molecular weight is 293 g/mol. The van der Waals surface area contributed by atoms with Gasteiger partial charge in [0.25, 0.3) is 0 Å². The first-order valence-electron chi connectivity index (χ1n) is 6.08. The van der Waals surface area contributed by atoms with Crippen molar-refractivity contribution in [2.24, 2.45) is 0 Å². The molecule has 2 aromatic rings. The van der Waals surface area contributed by atoms with Crippen molar-refractivity contribution < 1.29 is 5.11 Å². The Balaban J connectivity index is 2.07.